The molecule has 0 amide bonds. The van der Waals surface area contributed by atoms with Gasteiger partial charge in [-0.15, -0.1) is 23.5 Å². The highest BCUT2D eigenvalue weighted by Gasteiger charge is 2.39. The average Bonchev–Trinajstić information content (AvgIpc) is 2.91. The van der Waals surface area contributed by atoms with Crippen LogP contribution >= 0.6 is 23.5 Å². The summed E-state index contributed by atoms with van der Waals surface area (Å²) in [5.74, 6) is 1.40. The van der Waals surface area contributed by atoms with Crippen molar-refractivity contribution in [2.75, 3.05) is 39.5 Å². The van der Waals surface area contributed by atoms with E-state index in [9.17, 15) is 15.3 Å². The number of phenolic OH excluding ortho intramolecular Hbond substituents is 1. The maximum Gasteiger partial charge on any atom is 0.126 e. The molecule has 2 aromatic carbocycles. The number of ether oxygens (including phenoxy) is 1. The molecule has 0 saturated carbocycles. The van der Waals surface area contributed by atoms with Gasteiger partial charge in [0.15, 0.2) is 0 Å². The van der Waals surface area contributed by atoms with Gasteiger partial charge in [-0.25, -0.2) is 0 Å². The van der Waals surface area contributed by atoms with E-state index in [1.165, 1.54) is 20.9 Å². The second kappa shape index (κ2) is 15.0. The van der Waals surface area contributed by atoms with Crippen molar-refractivity contribution in [3.8, 4) is 11.5 Å². The summed E-state index contributed by atoms with van der Waals surface area (Å²) in [6.07, 6.45) is 4.42. The van der Waals surface area contributed by atoms with Crippen LogP contribution in [-0.2, 0) is 16.2 Å². The lowest BCUT2D eigenvalue weighted by molar-refractivity contribution is 0.196. The molecule has 1 heterocycles. The maximum absolute atomic E-state index is 10.9. The van der Waals surface area contributed by atoms with Crippen molar-refractivity contribution in [3.63, 3.8) is 0 Å². The molecule has 1 aliphatic rings. The Bertz CT molecular complexity index is 1200. The third-order valence-electron chi connectivity index (χ3n) is 8.42. The molecule has 5 nitrogen and oxygen atoms in total. The zero-order valence-electron chi connectivity index (χ0n) is 29.1. The molecular weight excluding hydrogens is 587 g/mol. The van der Waals surface area contributed by atoms with Crippen molar-refractivity contribution >= 4 is 23.5 Å². The number of hydrogen-bond acceptors (Lipinski definition) is 7. The molecule has 3 rings (SSSR count). The highest BCUT2D eigenvalue weighted by atomic mass is 32.2. The van der Waals surface area contributed by atoms with E-state index in [2.05, 4.69) is 91.5 Å². The number of nitrogens with zero attached hydrogens (tertiary/aromatic N) is 1. The Hall–Kier alpha value is -1.38. The van der Waals surface area contributed by atoms with E-state index in [4.69, 9.17) is 4.74 Å². The number of phenols is 1. The Morgan fingerprint density at radius 2 is 1.20 bits per heavy atom. The van der Waals surface area contributed by atoms with Crippen LogP contribution in [0.1, 0.15) is 117 Å². The van der Waals surface area contributed by atoms with Gasteiger partial charge in [0.25, 0.3) is 0 Å². The molecule has 2 aromatic rings. The SMILES string of the molecule is Cc1cc(SC2(Sc3cc(C(C)(C)C)c(OCCCCO)c(C(C)(C)C)c3)CCN(CCCO)CC2)cc(C(C)(C)C)c1O. The first kappa shape index (κ1) is 37.1. The van der Waals surface area contributed by atoms with E-state index in [-0.39, 0.29) is 33.5 Å². The van der Waals surface area contributed by atoms with Crippen LogP contribution in [0.2, 0.25) is 0 Å². The molecule has 0 radical (unpaired) electrons. The van der Waals surface area contributed by atoms with Crippen molar-refractivity contribution in [2.45, 2.75) is 131 Å². The Kier molecular flexibility index (Phi) is 12.7. The van der Waals surface area contributed by atoms with E-state index in [1.54, 1.807) is 0 Å². The molecule has 0 bridgehead atoms. The maximum atomic E-state index is 10.9. The van der Waals surface area contributed by atoms with Crippen LogP contribution in [0.25, 0.3) is 0 Å². The van der Waals surface area contributed by atoms with Gasteiger partial charge in [0, 0.05) is 59.3 Å². The van der Waals surface area contributed by atoms with Gasteiger partial charge < -0.3 is 25.0 Å². The van der Waals surface area contributed by atoms with E-state index in [0.717, 1.165) is 68.6 Å². The van der Waals surface area contributed by atoms with Gasteiger partial charge in [0.05, 0.1) is 10.7 Å². The number of thioether (sulfide) groups is 2. The van der Waals surface area contributed by atoms with Gasteiger partial charge in [0.1, 0.15) is 11.5 Å². The molecule has 1 fully saturated rings. The van der Waals surface area contributed by atoms with Crippen LogP contribution in [-0.4, -0.2) is 63.8 Å². The molecule has 0 unspecified atom stereocenters. The molecule has 0 aliphatic carbocycles. The summed E-state index contributed by atoms with van der Waals surface area (Å²) in [6, 6.07) is 9.09. The van der Waals surface area contributed by atoms with Gasteiger partial charge in [-0.05, 0) is 85.1 Å². The van der Waals surface area contributed by atoms with Crippen LogP contribution in [0, 0.1) is 6.92 Å². The number of benzene rings is 2. The zero-order chi connectivity index (χ0) is 32.9. The Morgan fingerprint density at radius 3 is 1.68 bits per heavy atom. The zero-order valence-corrected chi connectivity index (χ0v) is 30.7. The van der Waals surface area contributed by atoms with Crippen molar-refractivity contribution in [3.05, 3.63) is 46.5 Å². The molecule has 0 aromatic heterocycles. The minimum Gasteiger partial charge on any atom is -0.507 e. The third-order valence-corrected chi connectivity index (χ3v) is 11.4. The average molecular weight is 646 g/mol. The molecular formula is C37H59NO4S2. The number of likely N-dealkylation sites (tertiary alicyclic amines) is 1. The molecule has 0 atom stereocenters. The molecule has 44 heavy (non-hydrogen) atoms. The second-order valence-corrected chi connectivity index (χ2v) is 18.7. The fraction of sp³-hybridized carbons (Fsp3) is 0.676. The summed E-state index contributed by atoms with van der Waals surface area (Å²) < 4.78 is 6.45. The normalized spacial score (nSPS) is 16.4. The number of aromatic hydroxyl groups is 1. The second-order valence-electron chi connectivity index (χ2n) is 15.5. The summed E-state index contributed by atoms with van der Waals surface area (Å²) in [5.41, 5.74) is 4.01. The van der Waals surface area contributed by atoms with Gasteiger partial charge in [-0.3, -0.25) is 0 Å². The molecule has 3 N–H and O–H groups in total. The fourth-order valence-corrected chi connectivity index (χ4v) is 8.90. The van der Waals surface area contributed by atoms with Gasteiger partial charge in [-0.1, -0.05) is 62.3 Å². The van der Waals surface area contributed by atoms with E-state index >= 15 is 0 Å². The van der Waals surface area contributed by atoms with Crippen LogP contribution in [0.4, 0.5) is 0 Å². The smallest absolute Gasteiger partial charge is 0.126 e. The third kappa shape index (κ3) is 9.81. The lowest BCUT2D eigenvalue weighted by Crippen LogP contribution is -2.41. The summed E-state index contributed by atoms with van der Waals surface area (Å²) in [4.78, 5) is 4.96. The monoisotopic (exact) mass is 645 g/mol. The van der Waals surface area contributed by atoms with Crippen LogP contribution in [0.3, 0.4) is 0 Å². The first-order chi connectivity index (χ1) is 20.4. The summed E-state index contributed by atoms with van der Waals surface area (Å²) in [7, 11) is 0. The summed E-state index contributed by atoms with van der Waals surface area (Å²) in [5, 5.41) is 29.7. The molecule has 1 saturated heterocycles. The van der Waals surface area contributed by atoms with Crippen LogP contribution < -0.4 is 4.74 Å². The van der Waals surface area contributed by atoms with Gasteiger partial charge >= 0.3 is 0 Å². The number of aliphatic hydroxyl groups is 2. The Labute approximate surface area is 276 Å². The lowest BCUT2D eigenvalue weighted by Gasteiger charge is -2.41. The van der Waals surface area contributed by atoms with E-state index < -0.39 is 0 Å². The molecule has 7 heteroatoms. The quantitative estimate of drug-likeness (QED) is 0.157. The fourth-order valence-electron chi connectivity index (χ4n) is 5.76. The van der Waals surface area contributed by atoms with Gasteiger partial charge in [0.2, 0.25) is 0 Å². The van der Waals surface area contributed by atoms with Gasteiger partial charge in [-0.2, -0.15) is 0 Å². The minimum absolute atomic E-state index is 0.0813. The summed E-state index contributed by atoms with van der Waals surface area (Å²) >= 11 is 3.95. The van der Waals surface area contributed by atoms with Crippen LogP contribution in [0.15, 0.2) is 34.1 Å². The molecule has 0 spiro atoms. The van der Waals surface area contributed by atoms with Crippen LogP contribution in [0.5, 0.6) is 11.5 Å². The largest absolute Gasteiger partial charge is 0.507 e. The predicted molar refractivity (Wildman–Crippen MR) is 189 cm³/mol. The van der Waals surface area contributed by atoms with Crippen molar-refractivity contribution in [1.29, 1.82) is 0 Å². The molecule has 1 aliphatic heterocycles. The minimum atomic E-state index is -0.157. The lowest BCUT2D eigenvalue weighted by atomic mass is 9.79. The number of hydrogen-bond donors (Lipinski definition) is 3. The highest BCUT2D eigenvalue weighted by Crippen LogP contribution is 2.54. The number of unbranched alkanes of at least 4 members (excludes halogenated alkanes) is 1. The first-order valence-electron chi connectivity index (χ1n) is 16.4. The number of aryl methyl sites for hydroxylation is 1. The summed E-state index contributed by atoms with van der Waals surface area (Å²) in [6.45, 7) is 26.0. The molecule has 248 valence electrons. The van der Waals surface area contributed by atoms with E-state index in [0.29, 0.717) is 12.4 Å². The van der Waals surface area contributed by atoms with Crippen molar-refractivity contribution < 1.29 is 20.1 Å². The first-order valence-corrected chi connectivity index (χ1v) is 18.0. The highest BCUT2D eigenvalue weighted by molar-refractivity contribution is 8.18. The number of aliphatic hydroxyl groups excluding tert-OH is 2. The van der Waals surface area contributed by atoms with Crippen molar-refractivity contribution in [1.82, 2.24) is 4.90 Å². The predicted octanol–water partition coefficient (Wildman–Crippen LogP) is 8.80. The Morgan fingerprint density at radius 1 is 0.727 bits per heavy atom. The standard InChI is InChI=1S/C37H59NO4S2/c1-26-22-27(23-29(32(26)41)34(2,3)4)43-37(14-17-38(18-15-37)16-13-20-40)44-28-24-30(35(5,6)7)33(42-21-12-11-19-39)31(25-28)36(8,9)10/h22-25,39-41H,11-21H2,1-10H3. The topological polar surface area (TPSA) is 73.2 Å². The Balaban J connectivity index is 2.10. The van der Waals surface area contributed by atoms with Crippen molar-refractivity contribution in [2.24, 2.45) is 0 Å². The number of rotatable bonds is 12. The van der Waals surface area contributed by atoms with E-state index in [1.807, 2.05) is 30.4 Å². The number of piperidine rings is 1.